The number of hydrogen-bond acceptors (Lipinski definition) is 4. The van der Waals surface area contributed by atoms with Crippen LogP contribution in [0.5, 0.6) is 0 Å². The first-order valence-corrected chi connectivity index (χ1v) is 15.0. The van der Waals surface area contributed by atoms with Crippen LogP contribution in [-0.4, -0.2) is 50.4 Å². The third kappa shape index (κ3) is 12.2. The maximum absolute atomic E-state index is 13.3. The number of nitrogens with zero attached hydrogens (tertiary/aromatic N) is 1. The average molecular weight is 657 g/mol. The van der Waals surface area contributed by atoms with E-state index in [9.17, 15) is 58.0 Å². The molecule has 2 N–H and O–H groups in total. The van der Waals surface area contributed by atoms with E-state index in [0.717, 1.165) is 37.8 Å². The van der Waals surface area contributed by atoms with Gasteiger partial charge in [-0.05, 0) is 38.0 Å². The van der Waals surface area contributed by atoms with Crippen LogP contribution in [0.15, 0.2) is 18.2 Å². The fraction of sp³-hybridized carbons (Fsp3) is 0.704. The summed E-state index contributed by atoms with van der Waals surface area (Å²) in [6.07, 6.45) is -7.07. The fourth-order valence-electron chi connectivity index (χ4n) is 4.01. The van der Waals surface area contributed by atoms with Gasteiger partial charge in [0, 0.05) is 34.4 Å². The first-order chi connectivity index (χ1) is 19.7. The van der Waals surface area contributed by atoms with Gasteiger partial charge in [0.2, 0.25) is 0 Å². The molecule has 1 aromatic carbocycles. The molecule has 246 valence electrons. The topological polar surface area (TPSA) is 90.2 Å². The lowest BCUT2D eigenvalue weighted by molar-refractivity contribution is -0.354. The molecular weight excluding hydrogens is 622 g/mol. The molecule has 0 aliphatic rings. The van der Waals surface area contributed by atoms with Gasteiger partial charge >= 0.3 is 24.2 Å². The number of nitriles is 1. The average Bonchev–Trinajstić information content (AvgIpc) is 2.89. The summed E-state index contributed by atoms with van der Waals surface area (Å²) in [5.74, 6) is -13.5. The van der Waals surface area contributed by atoms with Crippen LogP contribution in [-0.2, 0) is 21.8 Å². The van der Waals surface area contributed by atoms with E-state index in [4.69, 9.17) is 5.26 Å². The number of amides is 1. The van der Waals surface area contributed by atoms with E-state index < -0.39 is 69.8 Å². The van der Waals surface area contributed by atoms with Crippen molar-refractivity contribution in [3.63, 3.8) is 0 Å². The van der Waals surface area contributed by atoms with Gasteiger partial charge in [-0.15, -0.1) is 0 Å². The monoisotopic (exact) mass is 656 g/mol. The maximum Gasteiger partial charge on any atom is 0.459 e. The minimum absolute atomic E-state index is 0.0537. The number of unbranched alkanes of at least 4 members (excludes halogenated alkanes) is 8. The lowest BCUT2D eigenvalue weighted by Gasteiger charge is -2.27. The van der Waals surface area contributed by atoms with E-state index >= 15 is 0 Å². The second-order valence-electron chi connectivity index (χ2n) is 10.4. The van der Waals surface area contributed by atoms with E-state index in [1.54, 1.807) is 0 Å². The number of carbonyl (C=O) groups excluding carboxylic acids is 1. The Balaban J connectivity index is 2.23. The van der Waals surface area contributed by atoms with Crippen LogP contribution >= 0.6 is 0 Å². The highest BCUT2D eigenvalue weighted by Crippen LogP contribution is 2.48. The molecule has 0 bridgehead atoms. The van der Waals surface area contributed by atoms with E-state index in [1.807, 2.05) is 0 Å². The molecule has 1 rings (SSSR count). The zero-order valence-electron chi connectivity index (χ0n) is 23.3. The van der Waals surface area contributed by atoms with Gasteiger partial charge in [0.1, 0.15) is 5.60 Å². The molecule has 5 nitrogen and oxygen atoms in total. The maximum atomic E-state index is 13.3. The van der Waals surface area contributed by atoms with Crippen molar-refractivity contribution in [3.05, 3.63) is 29.3 Å². The zero-order chi connectivity index (χ0) is 33.1. The first kappa shape index (κ1) is 38.6. The molecule has 0 aliphatic heterocycles. The van der Waals surface area contributed by atoms with Crippen LogP contribution in [0.3, 0.4) is 0 Å². The molecule has 0 radical (unpaired) electrons. The van der Waals surface area contributed by atoms with Crippen LogP contribution in [0, 0.1) is 11.3 Å². The van der Waals surface area contributed by atoms with E-state index in [1.165, 1.54) is 13.0 Å². The van der Waals surface area contributed by atoms with Crippen molar-refractivity contribution in [2.45, 2.75) is 107 Å². The van der Waals surface area contributed by atoms with Crippen molar-refractivity contribution in [3.8, 4) is 6.07 Å². The van der Waals surface area contributed by atoms with Gasteiger partial charge in [-0.1, -0.05) is 51.4 Å². The van der Waals surface area contributed by atoms with Gasteiger partial charge < -0.3 is 10.4 Å². The van der Waals surface area contributed by atoms with Crippen molar-refractivity contribution in [2.24, 2.45) is 0 Å². The largest absolute Gasteiger partial charge is 0.459 e. The number of nitrogens with one attached hydrogen (secondary N) is 1. The molecule has 2 atom stereocenters. The number of rotatable bonds is 18. The standard InChI is InChI=1S/C27H34F10N2O3S/c1-23(41,22(40)39-20-12-11-19(18-38)21(17-20)25(30,31)32)13-9-7-5-3-2-4-6-8-10-15-43(42)16-14-24(28,29)26(33,34)27(35,36)37/h11-12,17,41H,2-10,13-16H2,1H3,(H,39,40)/t23-,43?/m0/s1. The quantitative estimate of drug-likeness (QED) is 0.123. The Morgan fingerprint density at radius 1 is 0.837 bits per heavy atom. The minimum atomic E-state index is -6.40. The van der Waals surface area contributed by atoms with Crippen LogP contribution in [0.25, 0.3) is 0 Å². The fourth-order valence-corrected chi connectivity index (χ4v) is 5.23. The predicted molar refractivity (Wildman–Crippen MR) is 140 cm³/mol. The second kappa shape index (κ2) is 16.1. The third-order valence-electron chi connectivity index (χ3n) is 6.69. The molecule has 0 saturated carbocycles. The summed E-state index contributed by atoms with van der Waals surface area (Å²) in [6, 6.07) is 4.12. The van der Waals surface area contributed by atoms with Gasteiger partial charge in [-0.3, -0.25) is 9.00 Å². The molecule has 0 aliphatic carbocycles. The highest BCUT2D eigenvalue weighted by Gasteiger charge is 2.72. The first-order valence-electron chi connectivity index (χ1n) is 13.5. The molecule has 0 spiro atoms. The van der Waals surface area contributed by atoms with Crippen molar-refractivity contribution < 1.29 is 58.0 Å². The SMILES string of the molecule is C[C@](O)(CCCCCCCCCCCS(=O)CCC(F)(F)C(F)(F)C(F)(F)F)C(=O)Nc1ccc(C#N)c(C(F)(F)F)c1. The van der Waals surface area contributed by atoms with E-state index in [2.05, 4.69) is 5.32 Å². The summed E-state index contributed by atoms with van der Waals surface area (Å²) in [5.41, 5.74) is -3.86. The lowest BCUT2D eigenvalue weighted by atomic mass is 9.96. The molecule has 0 aromatic heterocycles. The molecule has 16 heteroatoms. The van der Waals surface area contributed by atoms with Crippen molar-refractivity contribution in [2.75, 3.05) is 16.8 Å². The number of carbonyl (C=O) groups is 1. The van der Waals surface area contributed by atoms with E-state index in [0.29, 0.717) is 38.2 Å². The Morgan fingerprint density at radius 2 is 1.35 bits per heavy atom. The summed E-state index contributed by atoms with van der Waals surface area (Å²) in [7, 11) is -1.96. The summed E-state index contributed by atoms with van der Waals surface area (Å²) >= 11 is 0. The van der Waals surface area contributed by atoms with Gasteiger partial charge in [0.15, 0.2) is 0 Å². The number of hydrogen-bond donors (Lipinski definition) is 2. The summed E-state index contributed by atoms with van der Waals surface area (Å²) < 4.78 is 140. The van der Waals surface area contributed by atoms with Crippen LogP contribution in [0.1, 0.15) is 88.7 Å². The predicted octanol–water partition coefficient (Wildman–Crippen LogP) is 8.14. The molecule has 0 heterocycles. The summed E-state index contributed by atoms with van der Waals surface area (Å²) in [6.45, 7) is 1.24. The Labute approximate surface area is 245 Å². The lowest BCUT2D eigenvalue weighted by Crippen LogP contribution is -2.52. The van der Waals surface area contributed by atoms with Crippen LogP contribution in [0.4, 0.5) is 49.6 Å². The molecule has 0 fully saturated rings. The van der Waals surface area contributed by atoms with Gasteiger partial charge in [0.05, 0.1) is 17.2 Å². The minimum Gasteiger partial charge on any atom is -0.380 e. The Bertz CT molecular complexity index is 1120. The molecular formula is C27H34F10N2O3S. The molecule has 43 heavy (non-hydrogen) atoms. The zero-order valence-corrected chi connectivity index (χ0v) is 24.1. The molecule has 1 amide bonds. The van der Waals surface area contributed by atoms with Crippen LogP contribution in [0.2, 0.25) is 0 Å². The van der Waals surface area contributed by atoms with E-state index in [-0.39, 0.29) is 17.9 Å². The Hall–Kier alpha value is -2.41. The summed E-state index contributed by atoms with van der Waals surface area (Å²) in [5, 5.41) is 21.5. The van der Waals surface area contributed by atoms with Crippen molar-refractivity contribution in [1.29, 1.82) is 5.26 Å². The number of alkyl halides is 10. The number of benzene rings is 1. The van der Waals surface area contributed by atoms with Gasteiger partial charge in [0.25, 0.3) is 5.91 Å². The third-order valence-corrected chi connectivity index (χ3v) is 8.09. The Kier molecular flexibility index (Phi) is 14.4. The number of aliphatic hydroxyl groups is 1. The van der Waals surface area contributed by atoms with Crippen LogP contribution < -0.4 is 5.32 Å². The molecule has 1 aromatic rings. The van der Waals surface area contributed by atoms with Gasteiger partial charge in [-0.25, -0.2) is 0 Å². The van der Waals surface area contributed by atoms with Gasteiger partial charge in [-0.2, -0.15) is 49.2 Å². The Morgan fingerprint density at radius 3 is 1.84 bits per heavy atom. The normalized spacial score (nSPS) is 15.0. The molecule has 1 unspecified atom stereocenters. The smallest absolute Gasteiger partial charge is 0.380 e. The van der Waals surface area contributed by atoms with Crippen molar-refractivity contribution in [1.82, 2.24) is 0 Å². The second-order valence-corrected chi connectivity index (χ2v) is 12.1. The number of halogens is 10. The highest BCUT2D eigenvalue weighted by molar-refractivity contribution is 7.84. The summed E-state index contributed by atoms with van der Waals surface area (Å²) in [4.78, 5) is 12.4. The highest BCUT2D eigenvalue weighted by atomic mass is 32.2. The van der Waals surface area contributed by atoms with Crippen molar-refractivity contribution >= 4 is 22.4 Å². The molecule has 0 saturated heterocycles. The number of anilines is 1.